The largest absolute Gasteiger partial charge is 0.507 e. The topological polar surface area (TPSA) is 57.5 Å². The number of Topliss-reactive ketones (excluding diaryl/α,β-unsaturated/α-hetero) is 1. The quantitative estimate of drug-likeness (QED) is 0.459. The Morgan fingerprint density at radius 3 is 2.08 bits per heavy atom. The van der Waals surface area contributed by atoms with Gasteiger partial charge in [-0.3, -0.25) is 4.79 Å². The summed E-state index contributed by atoms with van der Waals surface area (Å²) in [6, 6.07) is 2.61. The van der Waals surface area contributed by atoms with Crippen molar-refractivity contribution in [3.63, 3.8) is 0 Å². The van der Waals surface area contributed by atoms with Crippen molar-refractivity contribution >= 4 is 18.4 Å². The van der Waals surface area contributed by atoms with Crippen LogP contribution in [-0.2, 0) is 0 Å². The minimum Gasteiger partial charge on any atom is -0.507 e. The van der Waals surface area contributed by atoms with Gasteiger partial charge >= 0.3 is 0 Å². The zero-order valence-electron chi connectivity index (χ0n) is 6.40. The number of carbonyl (C=O) groups is 1. The fourth-order valence-electron chi connectivity index (χ4n) is 0.958. The van der Waals surface area contributed by atoms with Gasteiger partial charge in [0.15, 0.2) is 5.78 Å². The third-order valence-electron chi connectivity index (χ3n) is 1.43. The van der Waals surface area contributed by atoms with Crippen molar-refractivity contribution in [3.8, 4) is 11.5 Å². The highest BCUT2D eigenvalue weighted by Gasteiger charge is 2.12. The summed E-state index contributed by atoms with van der Waals surface area (Å²) in [5.41, 5.74) is -0.0622. The summed E-state index contributed by atoms with van der Waals surface area (Å²) in [6.07, 6.45) is 0. The molecule has 0 atom stereocenters. The van der Waals surface area contributed by atoms with Crippen LogP contribution >= 0.6 is 12.6 Å². The number of ketones is 1. The van der Waals surface area contributed by atoms with Crippen molar-refractivity contribution in [1.29, 1.82) is 0 Å². The highest BCUT2D eigenvalue weighted by atomic mass is 32.1. The Morgan fingerprint density at radius 1 is 1.33 bits per heavy atom. The summed E-state index contributed by atoms with van der Waals surface area (Å²) in [6.45, 7) is 1.27. The standard InChI is InChI=1S/C8H8O3S/c1-4(9)8-6(10)2-5(12)3-7(8)11/h2-3,10-12H,1H3. The summed E-state index contributed by atoms with van der Waals surface area (Å²) >= 11 is 3.91. The Morgan fingerprint density at radius 2 is 1.75 bits per heavy atom. The molecule has 0 aliphatic carbocycles. The van der Waals surface area contributed by atoms with Gasteiger partial charge in [-0.15, -0.1) is 12.6 Å². The Labute approximate surface area is 75.1 Å². The molecule has 0 saturated carbocycles. The lowest BCUT2D eigenvalue weighted by molar-refractivity contribution is 0.101. The Bertz CT molecular complexity index is 310. The van der Waals surface area contributed by atoms with Crippen LogP contribution in [0.5, 0.6) is 11.5 Å². The van der Waals surface area contributed by atoms with Gasteiger partial charge in [-0.1, -0.05) is 0 Å². The molecule has 0 spiro atoms. The van der Waals surface area contributed by atoms with E-state index >= 15 is 0 Å². The maximum atomic E-state index is 10.9. The number of carbonyl (C=O) groups excluding carboxylic acids is 1. The molecule has 0 radical (unpaired) electrons. The van der Waals surface area contributed by atoms with Gasteiger partial charge in [0.2, 0.25) is 0 Å². The molecule has 0 saturated heterocycles. The number of aromatic hydroxyl groups is 2. The van der Waals surface area contributed by atoms with Crippen molar-refractivity contribution in [2.75, 3.05) is 0 Å². The second kappa shape index (κ2) is 3.06. The van der Waals surface area contributed by atoms with Gasteiger partial charge < -0.3 is 10.2 Å². The Hall–Kier alpha value is -1.16. The third-order valence-corrected chi connectivity index (χ3v) is 1.69. The third kappa shape index (κ3) is 1.53. The van der Waals surface area contributed by atoms with E-state index in [1.165, 1.54) is 19.1 Å². The van der Waals surface area contributed by atoms with E-state index in [9.17, 15) is 15.0 Å². The number of hydrogen-bond acceptors (Lipinski definition) is 4. The van der Waals surface area contributed by atoms with Gasteiger partial charge in [0.25, 0.3) is 0 Å². The maximum Gasteiger partial charge on any atom is 0.167 e. The fraction of sp³-hybridized carbons (Fsp3) is 0.125. The molecule has 0 aliphatic rings. The van der Waals surface area contributed by atoms with E-state index in [1.54, 1.807) is 0 Å². The Kier molecular flexibility index (Phi) is 2.28. The number of thiol groups is 1. The first-order valence-electron chi connectivity index (χ1n) is 3.28. The van der Waals surface area contributed by atoms with E-state index < -0.39 is 0 Å². The fourth-order valence-corrected chi connectivity index (χ4v) is 1.20. The van der Waals surface area contributed by atoms with Gasteiger partial charge in [-0.2, -0.15) is 0 Å². The van der Waals surface area contributed by atoms with Gasteiger partial charge in [0.1, 0.15) is 17.1 Å². The number of phenolic OH excluding ortho intramolecular Hbond substituents is 2. The van der Waals surface area contributed by atoms with Crippen LogP contribution in [0, 0.1) is 0 Å². The van der Waals surface area contributed by atoms with E-state index in [0.717, 1.165) is 0 Å². The van der Waals surface area contributed by atoms with Crippen LogP contribution in [-0.4, -0.2) is 16.0 Å². The first-order valence-corrected chi connectivity index (χ1v) is 3.73. The second-order valence-corrected chi connectivity index (χ2v) is 2.93. The normalized spacial score (nSPS) is 9.83. The lowest BCUT2D eigenvalue weighted by Crippen LogP contribution is -1.93. The van der Waals surface area contributed by atoms with Crippen LogP contribution < -0.4 is 0 Å². The highest BCUT2D eigenvalue weighted by Crippen LogP contribution is 2.30. The zero-order chi connectivity index (χ0) is 9.30. The number of hydrogen-bond donors (Lipinski definition) is 3. The molecular weight excluding hydrogens is 176 g/mol. The average Bonchev–Trinajstić information content (AvgIpc) is 1.82. The van der Waals surface area contributed by atoms with E-state index in [4.69, 9.17) is 0 Å². The molecular formula is C8H8O3S. The monoisotopic (exact) mass is 184 g/mol. The molecule has 12 heavy (non-hydrogen) atoms. The molecule has 0 amide bonds. The highest BCUT2D eigenvalue weighted by molar-refractivity contribution is 7.80. The summed E-state index contributed by atoms with van der Waals surface area (Å²) in [4.78, 5) is 11.3. The van der Waals surface area contributed by atoms with E-state index in [0.29, 0.717) is 4.90 Å². The van der Waals surface area contributed by atoms with E-state index in [-0.39, 0.29) is 22.8 Å². The zero-order valence-corrected chi connectivity index (χ0v) is 7.30. The van der Waals surface area contributed by atoms with E-state index in [1.807, 2.05) is 0 Å². The molecule has 1 aromatic carbocycles. The molecule has 0 unspecified atom stereocenters. The number of rotatable bonds is 1. The summed E-state index contributed by atoms with van der Waals surface area (Å²) in [5.74, 6) is -0.863. The van der Waals surface area contributed by atoms with Gasteiger partial charge in [-0.25, -0.2) is 0 Å². The minimum absolute atomic E-state index is 0.0622. The average molecular weight is 184 g/mol. The van der Waals surface area contributed by atoms with Crippen molar-refractivity contribution in [1.82, 2.24) is 0 Å². The lowest BCUT2D eigenvalue weighted by Gasteiger charge is -2.03. The molecule has 2 N–H and O–H groups in total. The van der Waals surface area contributed by atoms with Crippen molar-refractivity contribution < 1.29 is 15.0 Å². The summed E-state index contributed by atoms with van der Waals surface area (Å²) < 4.78 is 0. The molecule has 0 fully saturated rings. The van der Waals surface area contributed by atoms with Gasteiger partial charge in [0, 0.05) is 4.90 Å². The van der Waals surface area contributed by atoms with Crippen molar-refractivity contribution in [2.24, 2.45) is 0 Å². The number of phenols is 2. The summed E-state index contributed by atoms with van der Waals surface area (Å²) in [7, 11) is 0. The first kappa shape index (κ1) is 8.93. The molecule has 0 bridgehead atoms. The number of benzene rings is 1. The lowest BCUT2D eigenvalue weighted by atomic mass is 10.1. The SMILES string of the molecule is CC(=O)c1c(O)cc(S)cc1O. The van der Waals surface area contributed by atoms with Crippen molar-refractivity contribution in [2.45, 2.75) is 11.8 Å². The molecule has 3 nitrogen and oxygen atoms in total. The van der Waals surface area contributed by atoms with Crippen LogP contribution in [0.1, 0.15) is 17.3 Å². The van der Waals surface area contributed by atoms with Crippen molar-refractivity contribution in [3.05, 3.63) is 17.7 Å². The smallest absolute Gasteiger partial charge is 0.167 e. The van der Waals surface area contributed by atoms with Gasteiger partial charge in [0.05, 0.1) is 0 Å². The molecule has 0 heterocycles. The predicted molar refractivity (Wildman–Crippen MR) is 47.0 cm³/mol. The predicted octanol–water partition coefficient (Wildman–Crippen LogP) is 1.59. The minimum atomic E-state index is -0.377. The van der Waals surface area contributed by atoms with Gasteiger partial charge in [-0.05, 0) is 19.1 Å². The molecule has 4 heteroatoms. The molecule has 0 aliphatic heterocycles. The second-order valence-electron chi connectivity index (χ2n) is 2.42. The van der Waals surface area contributed by atoms with Crippen LogP contribution in [0.3, 0.4) is 0 Å². The summed E-state index contributed by atoms with van der Waals surface area (Å²) in [5, 5.41) is 18.4. The Balaban J connectivity index is 3.38. The van der Waals surface area contributed by atoms with Crippen LogP contribution in [0.25, 0.3) is 0 Å². The maximum absolute atomic E-state index is 10.9. The molecule has 64 valence electrons. The molecule has 1 aromatic rings. The van der Waals surface area contributed by atoms with Crippen LogP contribution in [0.15, 0.2) is 17.0 Å². The first-order chi connectivity index (χ1) is 5.52. The van der Waals surface area contributed by atoms with Crippen LogP contribution in [0.2, 0.25) is 0 Å². The molecule has 1 rings (SSSR count). The van der Waals surface area contributed by atoms with E-state index in [2.05, 4.69) is 12.6 Å². The van der Waals surface area contributed by atoms with Crippen LogP contribution in [0.4, 0.5) is 0 Å². The molecule has 0 aromatic heterocycles.